The van der Waals surface area contributed by atoms with Gasteiger partial charge in [-0.3, -0.25) is 4.57 Å². The molecule has 0 fully saturated rings. The lowest BCUT2D eigenvalue weighted by Gasteiger charge is -2.12. The van der Waals surface area contributed by atoms with E-state index in [-0.39, 0.29) is 13.1 Å². The molecule has 2 aromatic rings. The molecule has 0 aliphatic carbocycles. The maximum atomic E-state index is 13.8. The minimum absolute atomic E-state index is 0.233. The van der Waals surface area contributed by atoms with Crippen LogP contribution in [-0.4, -0.2) is 0 Å². The lowest BCUT2D eigenvalue weighted by atomic mass is 10.2. The Kier molecular flexibility index (Phi) is 4.86. The normalized spacial score (nSPS) is 11.4. The van der Waals surface area contributed by atoms with Crippen LogP contribution in [0.5, 0.6) is 0 Å². The van der Waals surface area contributed by atoms with Gasteiger partial charge < -0.3 is 0 Å². The van der Waals surface area contributed by atoms with Gasteiger partial charge in [0.15, 0.2) is 0 Å². The van der Waals surface area contributed by atoms with Crippen molar-refractivity contribution < 1.29 is 8.76 Å². The average molecular weight is 278 g/mol. The molecule has 0 aromatic heterocycles. The SMILES string of the molecule is O=P(F)(NCc1ccccc1)NCc1ccccc1. The van der Waals surface area contributed by atoms with E-state index in [4.69, 9.17) is 0 Å². The van der Waals surface area contributed by atoms with Crippen molar-refractivity contribution in [3.8, 4) is 0 Å². The summed E-state index contributed by atoms with van der Waals surface area (Å²) >= 11 is 0. The van der Waals surface area contributed by atoms with Crippen molar-refractivity contribution in [2.24, 2.45) is 0 Å². The smallest absolute Gasteiger partial charge is 0.251 e. The van der Waals surface area contributed by atoms with Crippen LogP contribution < -0.4 is 10.2 Å². The second kappa shape index (κ2) is 6.62. The van der Waals surface area contributed by atoms with E-state index >= 15 is 0 Å². The Hall–Kier alpha value is -1.48. The maximum absolute atomic E-state index is 13.8. The molecule has 0 atom stereocenters. The monoisotopic (exact) mass is 278 g/mol. The van der Waals surface area contributed by atoms with Crippen LogP contribution in [0.3, 0.4) is 0 Å². The molecule has 0 bridgehead atoms. The fourth-order valence-electron chi connectivity index (χ4n) is 1.63. The van der Waals surface area contributed by atoms with E-state index in [1.165, 1.54) is 0 Å². The zero-order valence-electron chi connectivity index (χ0n) is 10.4. The van der Waals surface area contributed by atoms with Crippen molar-refractivity contribution >= 4 is 7.75 Å². The highest BCUT2D eigenvalue weighted by Gasteiger charge is 2.18. The molecule has 19 heavy (non-hydrogen) atoms. The van der Waals surface area contributed by atoms with Crippen LogP contribution in [0.15, 0.2) is 60.7 Å². The molecule has 0 aliphatic heterocycles. The minimum atomic E-state index is -4.02. The highest BCUT2D eigenvalue weighted by atomic mass is 31.2. The standard InChI is InChI=1S/C14H16FN2OP/c15-19(18,16-11-13-7-3-1-4-8-13)17-12-14-9-5-2-6-10-14/h1-10H,11-12H2,(H2,16,17,18). The van der Waals surface area contributed by atoms with E-state index in [2.05, 4.69) is 10.2 Å². The van der Waals surface area contributed by atoms with Gasteiger partial charge in [-0.1, -0.05) is 60.7 Å². The van der Waals surface area contributed by atoms with Crippen LogP contribution >= 0.6 is 7.75 Å². The fraction of sp³-hybridized carbons (Fsp3) is 0.143. The van der Waals surface area contributed by atoms with Crippen LogP contribution in [-0.2, 0) is 17.7 Å². The molecule has 0 heterocycles. The van der Waals surface area contributed by atoms with Gasteiger partial charge in [-0.2, -0.15) is 4.20 Å². The van der Waals surface area contributed by atoms with E-state index in [0.717, 1.165) is 11.1 Å². The first-order chi connectivity index (χ1) is 9.16. The summed E-state index contributed by atoms with van der Waals surface area (Å²) < 4.78 is 25.5. The Labute approximate surface area is 112 Å². The Morgan fingerprint density at radius 1 is 0.789 bits per heavy atom. The number of nitrogens with one attached hydrogen (secondary N) is 2. The molecule has 0 radical (unpaired) electrons. The van der Waals surface area contributed by atoms with Gasteiger partial charge in [0.05, 0.1) is 0 Å². The third-order valence-electron chi connectivity index (χ3n) is 2.66. The van der Waals surface area contributed by atoms with Crippen molar-refractivity contribution in [3.63, 3.8) is 0 Å². The third-order valence-corrected chi connectivity index (χ3v) is 3.79. The summed E-state index contributed by atoms with van der Waals surface area (Å²) in [6, 6.07) is 18.6. The van der Waals surface area contributed by atoms with Crippen molar-refractivity contribution in [1.82, 2.24) is 10.2 Å². The van der Waals surface area contributed by atoms with Gasteiger partial charge in [0.2, 0.25) is 0 Å². The summed E-state index contributed by atoms with van der Waals surface area (Å²) in [5.74, 6) is 0. The second-order valence-electron chi connectivity index (χ2n) is 4.17. The van der Waals surface area contributed by atoms with Gasteiger partial charge >= 0.3 is 7.75 Å². The molecule has 0 saturated heterocycles. The Balaban J connectivity index is 1.84. The molecule has 0 spiro atoms. The van der Waals surface area contributed by atoms with Crippen LogP contribution in [0.2, 0.25) is 0 Å². The van der Waals surface area contributed by atoms with Gasteiger partial charge in [-0.15, -0.1) is 0 Å². The average Bonchev–Trinajstić information content (AvgIpc) is 2.46. The van der Waals surface area contributed by atoms with Crippen molar-refractivity contribution in [2.75, 3.05) is 0 Å². The van der Waals surface area contributed by atoms with Gasteiger partial charge in [0.1, 0.15) is 0 Å². The van der Waals surface area contributed by atoms with Crippen LogP contribution in [0, 0.1) is 0 Å². The predicted octanol–water partition coefficient (Wildman–Crippen LogP) is 3.64. The van der Waals surface area contributed by atoms with Crippen LogP contribution in [0.1, 0.15) is 11.1 Å². The summed E-state index contributed by atoms with van der Waals surface area (Å²) in [6.45, 7) is 0.465. The number of halogens is 1. The molecule has 3 nitrogen and oxygen atoms in total. The molecule has 0 saturated carbocycles. The van der Waals surface area contributed by atoms with Crippen molar-refractivity contribution in [3.05, 3.63) is 71.8 Å². The van der Waals surface area contributed by atoms with E-state index in [1.54, 1.807) is 0 Å². The first-order valence-corrected chi connectivity index (χ1v) is 7.63. The molecule has 0 unspecified atom stereocenters. The second-order valence-corrected chi connectivity index (χ2v) is 5.87. The lowest BCUT2D eigenvalue weighted by Crippen LogP contribution is -2.19. The van der Waals surface area contributed by atoms with Gasteiger partial charge in [-0.05, 0) is 11.1 Å². The molecule has 2 rings (SSSR count). The number of hydrogen-bond donors (Lipinski definition) is 2. The molecule has 2 aromatic carbocycles. The lowest BCUT2D eigenvalue weighted by molar-refractivity contribution is 0.509. The topological polar surface area (TPSA) is 41.1 Å². The highest BCUT2D eigenvalue weighted by molar-refractivity contribution is 7.54. The minimum Gasteiger partial charge on any atom is -0.251 e. The first kappa shape index (κ1) is 13.9. The molecular formula is C14H16FN2OP. The van der Waals surface area contributed by atoms with Gasteiger partial charge in [-0.25, -0.2) is 10.2 Å². The zero-order chi connectivity index (χ0) is 13.6. The van der Waals surface area contributed by atoms with Crippen LogP contribution in [0.25, 0.3) is 0 Å². The quantitative estimate of drug-likeness (QED) is 0.793. The summed E-state index contributed by atoms with van der Waals surface area (Å²) in [7, 11) is -4.02. The van der Waals surface area contributed by atoms with Crippen molar-refractivity contribution in [2.45, 2.75) is 13.1 Å². The third kappa shape index (κ3) is 4.95. The predicted molar refractivity (Wildman–Crippen MR) is 75.3 cm³/mol. The van der Waals surface area contributed by atoms with E-state index in [9.17, 15) is 8.76 Å². The molecule has 0 amide bonds. The van der Waals surface area contributed by atoms with Gasteiger partial charge in [0.25, 0.3) is 0 Å². The van der Waals surface area contributed by atoms with Crippen LogP contribution in [0.4, 0.5) is 4.20 Å². The molecule has 0 aliphatic rings. The Morgan fingerprint density at radius 2 is 1.16 bits per heavy atom. The Bertz CT molecular complexity index is 500. The van der Waals surface area contributed by atoms with E-state index < -0.39 is 7.75 Å². The summed E-state index contributed by atoms with van der Waals surface area (Å²) in [4.78, 5) is 0. The van der Waals surface area contributed by atoms with E-state index in [1.807, 2.05) is 60.7 Å². The van der Waals surface area contributed by atoms with E-state index in [0.29, 0.717) is 0 Å². The number of benzene rings is 2. The molecule has 100 valence electrons. The fourth-order valence-corrected chi connectivity index (χ4v) is 2.52. The highest BCUT2D eigenvalue weighted by Crippen LogP contribution is 2.38. The molecule has 2 N–H and O–H groups in total. The summed E-state index contributed by atoms with van der Waals surface area (Å²) in [6.07, 6.45) is 0. The largest absolute Gasteiger partial charge is 0.378 e. The van der Waals surface area contributed by atoms with Gasteiger partial charge in [0, 0.05) is 13.1 Å². The Morgan fingerprint density at radius 3 is 1.53 bits per heavy atom. The maximum Gasteiger partial charge on any atom is 0.378 e. The van der Waals surface area contributed by atoms with Crippen molar-refractivity contribution in [1.29, 1.82) is 0 Å². The zero-order valence-corrected chi connectivity index (χ0v) is 11.3. The number of hydrogen-bond acceptors (Lipinski definition) is 1. The molecule has 5 heteroatoms. The summed E-state index contributed by atoms with van der Waals surface area (Å²) in [5, 5.41) is 4.85. The summed E-state index contributed by atoms with van der Waals surface area (Å²) in [5.41, 5.74) is 1.78. The molecular weight excluding hydrogens is 262 g/mol. The number of rotatable bonds is 6. The first-order valence-electron chi connectivity index (χ1n) is 6.03.